The largest absolute Gasteiger partial charge is 0.373 e. The van der Waals surface area contributed by atoms with Gasteiger partial charge >= 0.3 is 0 Å². The zero-order chi connectivity index (χ0) is 12.5. The van der Waals surface area contributed by atoms with Crippen molar-refractivity contribution in [2.24, 2.45) is 5.92 Å². The van der Waals surface area contributed by atoms with E-state index in [1.54, 1.807) is 0 Å². The summed E-state index contributed by atoms with van der Waals surface area (Å²) < 4.78 is 0. The van der Waals surface area contributed by atoms with Gasteiger partial charge in [0.1, 0.15) is 6.04 Å². The molecule has 2 aliphatic rings. The minimum Gasteiger partial charge on any atom is -0.373 e. The fraction of sp³-hybridized carbons (Fsp3) is 0.533. The first-order valence-electron chi connectivity index (χ1n) is 6.91. The average molecular weight is 244 g/mol. The molecular weight excluding hydrogens is 224 g/mol. The summed E-state index contributed by atoms with van der Waals surface area (Å²) in [5, 5.41) is 3.35. The number of hydrogen-bond donors (Lipinski definition) is 1. The van der Waals surface area contributed by atoms with Crippen LogP contribution in [0.4, 0.5) is 5.69 Å². The lowest BCUT2D eigenvalue weighted by molar-refractivity contribution is -0.130. The summed E-state index contributed by atoms with van der Waals surface area (Å²) in [5.74, 6) is 0.986. The first-order valence-corrected chi connectivity index (χ1v) is 6.91. The number of anilines is 1. The van der Waals surface area contributed by atoms with Crippen molar-refractivity contribution in [2.75, 3.05) is 18.4 Å². The zero-order valence-electron chi connectivity index (χ0n) is 10.9. The summed E-state index contributed by atoms with van der Waals surface area (Å²) in [6.07, 6.45) is 3.19. The summed E-state index contributed by atoms with van der Waals surface area (Å²) in [4.78, 5) is 14.5. The number of likely N-dealkylation sites (tertiary alicyclic amines) is 1. The Morgan fingerprint density at radius 3 is 3.00 bits per heavy atom. The van der Waals surface area contributed by atoms with Crippen LogP contribution in [0.15, 0.2) is 24.3 Å². The molecule has 18 heavy (non-hydrogen) atoms. The van der Waals surface area contributed by atoms with E-state index in [0.717, 1.165) is 25.2 Å². The minimum atomic E-state index is -0.0435. The molecule has 3 nitrogen and oxygen atoms in total. The average Bonchev–Trinajstić information content (AvgIpc) is 3.04. The number of carbonyl (C=O) groups is 1. The van der Waals surface area contributed by atoms with Crippen LogP contribution in [0, 0.1) is 5.92 Å². The highest BCUT2D eigenvalue weighted by Crippen LogP contribution is 2.27. The van der Waals surface area contributed by atoms with E-state index in [1.807, 2.05) is 17.0 Å². The van der Waals surface area contributed by atoms with E-state index in [1.165, 1.54) is 18.4 Å². The maximum absolute atomic E-state index is 12.4. The third-order valence-electron chi connectivity index (χ3n) is 4.24. The Morgan fingerprint density at radius 1 is 1.44 bits per heavy atom. The third kappa shape index (κ3) is 1.98. The fourth-order valence-corrected chi connectivity index (χ4v) is 3.03. The highest BCUT2D eigenvalue weighted by molar-refractivity contribution is 5.87. The van der Waals surface area contributed by atoms with Crippen molar-refractivity contribution in [1.82, 2.24) is 4.90 Å². The van der Waals surface area contributed by atoms with E-state index < -0.39 is 0 Å². The van der Waals surface area contributed by atoms with Gasteiger partial charge in [-0.3, -0.25) is 4.79 Å². The minimum absolute atomic E-state index is 0.0435. The second-order valence-electron chi connectivity index (χ2n) is 5.41. The molecule has 3 heteroatoms. The Morgan fingerprint density at radius 2 is 2.28 bits per heavy atom. The van der Waals surface area contributed by atoms with Crippen molar-refractivity contribution in [3.63, 3.8) is 0 Å². The van der Waals surface area contributed by atoms with Gasteiger partial charge in [-0.1, -0.05) is 31.5 Å². The summed E-state index contributed by atoms with van der Waals surface area (Å²) in [5.41, 5.74) is 2.39. The standard InChI is InChI=1S/C15H20N2O/c1-2-11-7-8-17(10-11)15(18)14-9-12-5-3-4-6-13(12)16-14/h3-6,11,14,16H,2,7-10H2,1H3. The van der Waals surface area contributed by atoms with Crippen LogP contribution < -0.4 is 5.32 Å². The van der Waals surface area contributed by atoms with Crippen molar-refractivity contribution in [1.29, 1.82) is 0 Å². The topological polar surface area (TPSA) is 32.3 Å². The van der Waals surface area contributed by atoms with E-state index >= 15 is 0 Å². The lowest BCUT2D eigenvalue weighted by Gasteiger charge is -2.21. The molecule has 0 saturated carbocycles. The van der Waals surface area contributed by atoms with Crippen molar-refractivity contribution in [3.8, 4) is 0 Å². The van der Waals surface area contributed by atoms with Crippen LogP contribution in [0.25, 0.3) is 0 Å². The molecule has 96 valence electrons. The molecule has 0 aromatic heterocycles. The smallest absolute Gasteiger partial charge is 0.245 e. The first-order chi connectivity index (χ1) is 8.78. The lowest BCUT2D eigenvalue weighted by atomic mass is 10.1. The monoisotopic (exact) mass is 244 g/mol. The highest BCUT2D eigenvalue weighted by Gasteiger charge is 2.33. The van der Waals surface area contributed by atoms with Crippen LogP contribution in [-0.2, 0) is 11.2 Å². The van der Waals surface area contributed by atoms with E-state index in [2.05, 4.69) is 24.4 Å². The van der Waals surface area contributed by atoms with E-state index in [-0.39, 0.29) is 11.9 Å². The second-order valence-corrected chi connectivity index (χ2v) is 5.41. The molecule has 1 saturated heterocycles. The predicted octanol–water partition coefficient (Wildman–Crippen LogP) is 2.28. The van der Waals surface area contributed by atoms with Crippen molar-refractivity contribution in [2.45, 2.75) is 32.2 Å². The molecule has 0 spiro atoms. The van der Waals surface area contributed by atoms with Gasteiger partial charge in [0.05, 0.1) is 0 Å². The molecule has 2 aliphatic heterocycles. The number of nitrogens with zero attached hydrogens (tertiary/aromatic N) is 1. The summed E-state index contributed by atoms with van der Waals surface area (Å²) in [7, 11) is 0. The van der Waals surface area contributed by atoms with Gasteiger partial charge in [0, 0.05) is 25.2 Å². The number of rotatable bonds is 2. The Balaban J connectivity index is 1.66. The van der Waals surface area contributed by atoms with Crippen LogP contribution in [0.1, 0.15) is 25.3 Å². The summed E-state index contributed by atoms with van der Waals surface area (Å²) >= 11 is 0. The van der Waals surface area contributed by atoms with Crippen LogP contribution in [0.3, 0.4) is 0 Å². The van der Waals surface area contributed by atoms with Gasteiger partial charge in [-0.05, 0) is 24.0 Å². The van der Waals surface area contributed by atoms with Crippen LogP contribution in [0.5, 0.6) is 0 Å². The maximum atomic E-state index is 12.4. The predicted molar refractivity (Wildman–Crippen MR) is 72.5 cm³/mol. The molecule has 1 aromatic rings. The Labute approximate surface area is 108 Å². The Bertz CT molecular complexity index is 433. The third-order valence-corrected chi connectivity index (χ3v) is 4.24. The molecule has 0 bridgehead atoms. The van der Waals surface area contributed by atoms with Crippen LogP contribution in [-0.4, -0.2) is 29.9 Å². The number of benzene rings is 1. The molecule has 1 aromatic carbocycles. The number of amides is 1. The maximum Gasteiger partial charge on any atom is 0.245 e. The van der Waals surface area contributed by atoms with Gasteiger partial charge in [0.25, 0.3) is 0 Å². The van der Waals surface area contributed by atoms with Crippen LogP contribution >= 0.6 is 0 Å². The van der Waals surface area contributed by atoms with Gasteiger partial charge in [-0.15, -0.1) is 0 Å². The molecule has 2 heterocycles. The molecule has 1 amide bonds. The number of carbonyl (C=O) groups excluding carboxylic acids is 1. The van der Waals surface area contributed by atoms with Crippen molar-refractivity contribution >= 4 is 11.6 Å². The molecule has 1 fully saturated rings. The Hall–Kier alpha value is -1.51. The number of nitrogens with one attached hydrogen (secondary N) is 1. The number of fused-ring (bicyclic) bond motifs is 1. The van der Waals surface area contributed by atoms with Crippen LogP contribution in [0.2, 0.25) is 0 Å². The Kier molecular flexibility index (Phi) is 2.98. The van der Waals surface area contributed by atoms with Gasteiger partial charge in [-0.25, -0.2) is 0 Å². The molecule has 2 unspecified atom stereocenters. The summed E-state index contributed by atoms with van der Waals surface area (Å²) in [6.45, 7) is 4.10. The van der Waals surface area contributed by atoms with Gasteiger partial charge < -0.3 is 10.2 Å². The van der Waals surface area contributed by atoms with E-state index in [4.69, 9.17) is 0 Å². The fourth-order valence-electron chi connectivity index (χ4n) is 3.03. The lowest BCUT2D eigenvalue weighted by Crippen LogP contribution is -2.40. The van der Waals surface area contributed by atoms with E-state index in [9.17, 15) is 4.79 Å². The number of para-hydroxylation sites is 1. The summed E-state index contributed by atoms with van der Waals surface area (Å²) in [6, 6.07) is 8.17. The second kappa shape index (κ2) is 4.63. The zero-order valence-corrected chi connectivity index (χ0v) is 10.9. The SMILES string of the molecule is CCC1CCN(C(=O)C2Cc3ccccc3N2)C1. The highest BCUT2D eigenvalue weighted by atomic mass is 16.2. The van der Waals surface area contributed by atoms with Gasteiger partial charge in [0.2, 0.25) is 5.91 Å². The normalized spacial score (nSPS) is 25.9. The van der Waals surface area contributed by atoms with Gasteiger partial charge in [-0.2, -0.15) is 0 Å². The molecule has 0 aliphatic carbocycles. The molecular formula is C15H20N2O. The van der Waals surface area contributed by atoms with Crippen molar-refractivity contribution < 1.29 is 4.79 Å². The number of hydrogen-bond acceptors (Lipinski definition) is 2. The molecule has 0 radical (unpaired) electrons. The quantitative estimate of drug-likeness (QED) is 0.865. The van der Waals surface area contributed by atoms with E-state index in [0.29, 0.717) is 5.92 Å². The first kappa shape index (κ1) is 11.6. The molecule has 2 atom stereocenters. The van der Waals surface area contributed by atoms with Crippen molar-refractivity contribution in [3.05, 3.63) is 29.8 Å². The molecule has 1 N–H and O–H groups in total. The van der Waals surface area contributed by atoms with Gasteiger partial charge in [0.15, 0.2) is 0 Å². The molecule has 3 rings (SSSR count).